The summed E-state index contributed by atoms with van der Waals surface area (Å²) < 4.78 is 1.07. The summed E-state index contributed by atoms with van der Waals surface area (Å²) in [5.41, 5.74) is 0.982. The number of carboxylic acid groups (broad SMARTS) is 1. The lowest BCUT2D eigenvalue weighted by atomic mass is 10.2. The summed E-state index contributed by atoms with van der Waals surface area (Å²) in [5, 5.41) is 11.5. The molecule has 5 heteroatoms. The highest BCUT2D eigenvalue weighted by Crippen LogP contribution is 2.12. The van der Waals surface area contributed by atoms with Crippen LogP contribution in [0.5, 0.6) is 0 Å². The topological polar surface area (TPSA) is 58.9 Å². The van der Waals surface area contributed by atoms with Crippen LogP contribution in [0, 0.1) is 3.57 Å². The van der Waals surface area contributed by atoms with Gasteiger partial charge in [0.25, 0.3) is 0 Å². The number of nitrogens with zero attached hydrogens (tertiary/aromatic N) is 1. The number of aliphatic carboxylic acids is 1. The maximum atomic E-state index is 10.0. The van der Waals surface area contributed by atoms with Crippen molar-refractivity contribution in [1.82, 2.24) is 0 Å². The van der Waals surface area contributed by atoms with Crippen molar-refractivity contribution in [3.63, 3.8) is 0 Å². The quantitative estimate of drug-likeness (QED) is 0.525. The van der Waals surface area contributed by atoms with Gasteiger partial charge in [0, 0.05) is 9.13 Å². The number of halogens is 1. The van der Waals surface area contributed by atoms with Crippen LogP contribution in [0.2, 0.25) is 0 Å². The van der Waals surface area contributed by atoms with Crippen LogP contribution in [0.3, 0.4) is 0 Å². The van der Waals surface area contributed by atoms with Gasteiger partial charge in [0.1, 0.15) is 6.61 Å². The summed E-state index contributed by atoms with van der Waals surface area (Å²) in [6.07, 6.45) is 0.718. The molecular formula is C9H8INO3. The summed E-state index contributed by atoms with van der Waals surface area (Å²) in [5.74, 6) is -1.12. The average Bonchev–Trinajstić information content (AvgIpc) is 2.15. The normalized spacial score (nSPS) is 10.4. The molecule has 74 valence electrons. The van der Waals surface area contributed by atoms with Gasteiger partial charge < -0.3 is 9.94 Å². The molecule has 1 aromatic carbocycles. The van der Waals surface area contributed by atoms with Crippen molar-refractivity contribution >= 4 is 34.8 Å². The Morgan fingerprint density at radius 1 is 1.57 bits per heavy atom. The standard InChI is InChI=1S/C9H8INO3/c10-8-4-2-1-3-7(8)6-14-11-5-9(12)13/h1-5H,6H2,(H,12,13). The Hall–Kier alpha value is -1.11. The lowest BCUT2D eigenvalue weighted by molar-refractivity contribution is -0.129. The van der Waals surface area contributed by atoms with E-state index in [0.29, 0.717) is 0 Å². The van der Waals surface area contributed by atoms with Crippen molar-refractivity contribution in [2.75, 3.05) is 0 Å². The van der Waals surface area contributed by atoms with E-state index in [-0.39, 0.29) is 6.61 Å². The fraction of sp³-hybridized carbons (Fsp3) is 0.111. The van der Waals surface area contributed by atoms with Crippen LogP contribution in [0.1, 0.15) is 5.56 Å². The summed E-state index contributed by atoms with van der Waals surface area (Å²) in [6, 6.07) is 7.66. The lowest BCUT2D eigenvalue weighted by Crippen LogP contribution is -1.97. The third-order valence-electron chi connectivity index (χ3n) is 1.42. The molecule has 0 bridgehead atoms. The number of carboxylic acids is 1. The Balaban J connectivity index is 2.46. The second-order valence-corrected chi connectivity index (χ2v) is 3.60. The zero-order chi connectivity index (χ0) is 10.4. The third-order valence-corrected chi connectivity index (χ3v) is 2.47. The van der Waals surface area contributed by atoms with Gasteiger partial charge in [-0.1, -0.05) is 23.4 Å². The fourth-order valence-electron chi connectivity index (χ4n) is 0.805. The van der Waals surface area contributed by atoms with E-state index in [1.807, 2.05) is 24.3 Å². The maximum absolute atomic E-state index is 10.0. The highest BCUT2D eigenvalue weighted by atomic mass is 127. The molecule has 0 spiro atoms. The van der Waals surface area contributed by atoms with E-state index in [0.717, 1.165) is 15.3 Å². The minimum absolute atomic E-state index is 0.281. The van der Waals surface area contributed by atoms with Crippen LogP contribution in [0.15, 0.2) is 29.4 Å². The van der Waals surface area contributed by atoms with E-state index >= 15 is 0 Å². The van der Waals surface area contributed by atoms with Crippen LogP contribution in [-0.4, -0.2) is 17.3 Å². The lowest BCUT2D eigenvalue weighted by Gasteiger charge is -2.01. The van der Waals surface area contributed by atoms with Crippen molar-refractivity contribution in [3.05, 3.63) is 33.4 Å². The summed E-state index contributed by atoms with van der Waals surface area (Å²) in [4.78, 5) is 14.8. The minimum atomic E-state index is -1.12. The van der Waals surface area contributed by atoms with Gasteiger partial charge in [-0.15, -0.1) is 0 Å². The Bertz CT molecular complexity index is 352. The Labute approximate surface area is 94.7 Å². The minimum Gasteiger partial charge on any atom is -0.477 e. The molecule has 0 aliphatic rings. The molecule has 0 aliphatic heterocycles. The number of hydrogen-bond acceptors (Lipinski definition) is 3. The molecule has 1 rings (SSSR count). The number of oxime groups is 1. The van der Waals surface area contributed by atoms with Crippen LogP contribution in [0.4, 0.5) is 0 Å². The third kappa shape index (κ3) is 3.73. The first-order chi connectivity index (χ1) is 6.70. The van der Waals surface area contributed by atoms with Crippen molar-refractivity contribution in [3.8, 4) is 0 Å². The molecule has 14 heavy (non-hydrogen) atoms. The van der Waals surface area contributed by atoms with Crippen molar-refractivity contribution in [2.45, 2.75) is 6.61 Å². The molecule has 0 saturated carbocycles. The zero-order valence-electron chi connectivity index (χ0n) is 7.18. The maximum Gasteiger partial charge on any atom is 0.350 e. The SMILES string of the molecule is O=C(O)C=NOCc1ccccc1I. The predicted molar refractivity (Wildman–Crippen MR) is 60.1 cm³/mol. The number of benzene rings is 1. The van der Waals surface area contributed by atoms with E-state index in [9.17, 15) is 4.79 Å². The molecule has 0 amide bonds. The molecule has 0 aromatic heterocycles. The van der Waals surface area contributed by atoms with Gasteiger partial charge in [-0.05, 0) is 28.7 Å². The van der Waals surface area contributed by atoms with Crippen molar-refractivity contribution in [1.29, 1.82) is 0 Å². The Morgan fingerprint density at radius 2 is 2.29 bits per heavy atom. The molecule has 0 fully saturated rings. The van der Waals surface area contributed by atoms with Crippen LogP contribution < -0.4 is 0 Å². The van der Waals surface area contributed by atoms with E-state index in [1.165, 1.54) is 0 Å². The van der Waals surface area contributed by atoms with Crippen LogP contribution in [-0.2, 0) is 16.2 Å². The second kappa shape index (κ2) is 5.58. The number of carbonyl (C=O) groups is 1. The first-order valence-corrected chi connectivity index (χ1v) is 4.89. The predicted octanol–water partition coefficient (Wildman–Crippen LogP) is 1.88. The molecule has 4 nitrogen and oxygen atoms in total. The van der Waals surface area contributed by atoms with Crippen molar-refractivity contribution in [2.24, 2.45) is 5.16 Å². The molecule has 0 radical (unpaired) electrons. The van der Waals surface area contributed by atoms with E-state index in [1.54, 1.807) is 0 Å². The highest BCUT2D eigenvalue weighted by Gasteiger charge is 1.97. The van der Waals surface area contributed by atoms with Gasteiger partial charge in [-0.3, -0.25) is 0 Å². The Morgan fingerprint density at radius 3 is 2.93 bits per heavy atom. The van der Waals surface area contributed by atoms with Gasteiger partial charge in [-0.2, -0.15) is 0 Å². The molecule has 0 atom stereocenters. The molecule has 1 N–H and O–H groups in total. The van der Waals surface area contributed by atoms with Gasteiger partial charge >= 0.3 is 5.97 Å². The van der Waals surface area contributed by atoms with Crippen LogP contribution >= 0.6 is 22.6 Å². The van der Waals surface area contributed by atoms with Crippen LogP contribution in [0.25, 0.3) is 0 Å². The van der Waals surface area contributed by atoms with Gasteiger partial charge in [0.15, 0.2) is 6.21 Å². The smallest absolute Gasteiger partial charge is 0.350 e. The number of hydrogen-bond donors (Lipinski definition) is 1. The summed E-state index contributed by atoms with van der Waals surface area (Å²) in [6.45, 7) is 0.281. The van der Waals surface area contributed by atoms with Gasteiger partial charge in [-0.25, -0.2) is 4.79 Å². The summed E-state index contributed by atoms with van der Waals surface area (Å²) >= 11 is 2.18. The van der Waals surface area contributed by atoms with Gasteiger partial charge in [0.2, 0.25) is 0 Å². The first kappa shape index (κ1) is 11.0. The highest BCUT2D eigenvalue weighted by molar-refractivity contribution is 14.1. The fourth-order valence-corrected chi connectivity index (χ4v) is 1.35. The Kier molecular flexibility index (Phi) is 4.37. The molecule has 0 unspecified atom stereocenters. The monoisotopic (exact) mass is 305 g/mol. The summed E-state index contributed by atoms with van der Waals surface area (Å²) in [7, 11) is 0. The van der Waals surface area contributed by atoms with Gasteiger partial charge in [0.05, 0.1) is 0 Å². The largest absolute Gasteiger partial charge is 0.477 e. The van der Waals surface area contributed by atoms with Crippen molar-refractivity contribution < 1.29 is 14.7 Å². The van der Waals surface area contributed by atoms with E-state index < -0.39 is 5.97 Å². The molecule has 1 aromatic rings. The molecule has 0 aliphatic carbocycles. The zero-order valence-corrected chi connectivity index (χ0v) is 9.34. The second-order valence-electron chi connectivity index (χ2n) is 2.44. The molecule has 0 heterocycles. The molecular weight excluding hydrogens is 297 g/mol. The molecule has 0 saturated heterocycles. The van der Waals surface area contributed by atoms with E-state index in [4.69, 9.17) is 9.94 Å². The average molecular weight is 305 g/mol. The number of rotatable bonds is 4. The van der Waals surface area contributed by atoms with E-state index in [2.05, 4.69) is 27.7 Å². The first-order valence-electron chi connectivity index (χ1n) is 3.82.